The molecule has 0 N–H and O–H groups in total. The Bertz CT molecular complexity index is 414. The lowest BCUT2D eigenvalue weighted by Gasteiger charge is -2.11. The maximum Gasteiger partial charge on any atom is 0.419 e. The van der Waals surface area contributed by atoms with Gasteiger partial charge in [0.05, 0.1) is 5.56 Å². The molecule has 1 unspecified atom stereocenters. The predicted octanol–water partition coefficient (Wildman–Crippen LogP) is 3.71. The van der Waals surface area contributed by atoms with Gasteiger partial charge in [0.15, 0.2) is 5.78 Å². The minimum absolute atomic E-state index is 0.0668. The first-order valence-electron chi connectivity index (χ1n) is 4.24. The van der Waals surface area contributed by atoms with Crippen molar-refractivity contribution in [2.24, 2.45) is 0 Å². The summed E-state index contributed by atoms with van der Waals surface area (Å²) < 4.78 is 49.9. The maximum absolute atomic E-state index is 12.9. The van der Waals surface area contributed by atoms with Crippen LogP contribution in [0.5, 0.6) is 0 Å². The van der Waals surface area contributed by atoms with Gasteiger partial charge in [-0.1, -0.05) is 6.07 Å². The quantitative estimate of drug-likeness (QED) is 0.581. The van der Waals surface area contributed by atoms with Crippen molar-refractivity contribution in [3.63, 3.8) is 0 Å². The molecule has 0 fully saturated rings. The van der Waals surface area contributed by atoms with E-state index in [4.69, 9.17) is 11.6 Å². The van der Waals surface area contributed by atoms with E-state index in [0.717, 1.165) is 13.0 Å². The van der Waals surface area contributed by atoms with Crippen molar-refractivity contribution < 1.29 is 22.4 Å². The summed E-state index contributed by atoms with van der Waals surface area (Å²) >= 11 is 5.58. The van der Waals surface area contributed by atoms with E-state index in [1.165, 1.54) is 0 Å². The van der Waals surface area contributed by atoms with E-state index in [2.05, 4.69) is 0 Å². The number of carbonyl (C=O) groups excluding carboxylic acids is 1. The zero-order valence-electron chi connectivity index (χ0n) is 8.11. The first kappa shape index (κ1) is 13.0. The van der Waals surface area contributed by atoms with Crippen molar-refractivity contribution in [3.8, 4) is 0 Å². The molecule has 1 aromatic carbocycles. The second kappa shape index (κ2) is 4.41. The van der Waals surface area contributed by atoms with Crippen LogP contribution in [0, 0.1) is 5.82 Å². The SMILES string of the molecule is CC(=O)C(Cl)c1ccc(F)c(C(F)(F)F)c1. The summed E-state index contributed by atoms with van der Waals surface area (Å²) in [4.78, 5) is 10.9. The summed E-state index contributed by atoms with van der Waals surface area (Å²) in [5.41, 5.74) is -1.49. The van der Waals surface area contributed by atoms with Crippen molar-refractivity contribution in [1.82, 2.24) is 0 Å². The van der Waals surface area contributed by atoms with Gasteiger partial charge < -0.3 is 0 Å². The molecule has 1 nitrogen and oxygen atoms in total. The van der Waals surface area contributed by atoms with Crippen molar-refractivity contribution in [2.75, 3.05) is 0 Å². The summed E-state index contributed by atoms with van der Waals surface area (Å²) in [6.45, 7) is 1.15. The number of halogens is 5. The zero-order chi connectivity index (χ0) is 12.5. The zero-order valence-corrected chi connectivity index (χ0v) is 8.86. The topological polar surface area (TPSA) is 17.1 Å². The normalized spacial score (nSPS) is 13.6. The van der Waals surface area contributed by atoms with E-state index in [9.17, 15) is 22.4 Å². The molecule has 0 aromatic heterocycles. The lowest BCUT2D eigenvalue weighted by molar-refractivity contribution is -0.140. The lowest BCUT2D eigenvalue weighted by atomic mass is 10.1. The van der Waals surface area contributed by atoms with Crippen LogP contribution in [-0.2, 0) is 11.0 Å². The molecule has 0 spiro atoms. The standard InChI is InChI=1S/C10H7ClF4O/c1-5(16)9(11)6-2-3-8(12)7(4-6)10(13,14)15/h2-4,9H,1H3. The number of alkyl halides is 4. The van der Waals surface area contributed by atoms with Gasteiger partial charge in [-0.2, -0.15) is 13.2 Å². The summed E-state index contributed by atoms with van der Waals surface area (Å²) in [7, 11) is 0. The van der Waals surface area contributed by atoms with Gasteiger partial charge in [0, 0.05) is 0 Å². The molecule has 16 heavy (non-hydrogen) atoms. The van der Waals surface area contributed by atoms with Crippen molar-refractivity contribution in [3.05, 3.63) is 35.1 Å². The largest absolute Gasteiger partial charge is 0.419 e. The number of ketones is 1. The summed E-state index contributed by atoms with van der Waals surface area (Å²) in [5.74, 6) is -1.88. The maximum atomic E-state index is 12.9. The van der Waals surface area contributed by atoms with Gasteiger partial charge in [-0.15, -0.1) is 11.6 Å². The number of carbonyl (C=O) groups is 1. The van der Waals surface area contributed by atoms with E-state index in [1.54, 1.807) is 0 Å². The second-order valence-corrected chi connectivity index (χ2v) is 3.65. The number of benzene rings is 1. The molecule has 0 aliphatic carbocycles. The molecule has 0 bridgehead atoms. The van der Waals surface area contributed by atoms with Crippen LogP contribution in [0.25, 0.3) is 0 Å². The molecule has 0 aliphatic rings. The van der Waals surface area contributed by atoms with E-state index >= 15 is 0 Å². The minimum Gasteiger partial charge on any atom is -0.298 e. The van der Waals surface area contributed by atoms with Gasteiger partial charge >= 0.3 is 6.18 Å². The fourth-order valence-electron chi connectivity index (χ4n) is 1.15. The fourth-order valence-corrected chi connectivity index (χ4v) is 1.29. The van der Waals surface area contributed by atoms with Crippen LogP contribution in [0.1, 0.15) is 23.4 Å². The average molecular weight is 255 g/mol. The highest BCUT2D eigenvalue weighted by Crippen LogP contribution is 2.34. The molecule has 88 valence electrons. The first-order chi connectivity index (χ1) is 7.23. The Morgan fingerprint density at radius 3 is 2.38 bits per heavy atom. The number of Topliss-reactive ketones (excluding diaryl/α,β-unsaturated/α-hetero) is 1. The summed E-state index contributed by atoms with van der Waals surface area (Å²) in [6.07, 6.45) is -4.80. The molecule has 0 aliphatic heterocycles. The third-order valence-electron chi connectivity index (χ3n) is 1.95. The van der Waals surface area contributed by atoms with Crippen LogP contribution < -0.4 is 0 Å². The predicted molar refractivity (Wildman–Crippen MR) is 50.7 cm³/mol. The third-order valence-corrected chi connectivity index (χ3v) is 2.50. The van der Waals surface area contributed by atoms with Crippen molar-refractivity contribution in [1.29, 1.82) is 0 Å². The molecule has 0 saturated carbocycles. The molecule has 1 aromatic rings. The molecule has 0 saturated heterocycles. The molecule has 0 radical (unpaired) electrons. The molecular weight excluding hydrogens is 248 g/mol. The Balaban J connectivity index is 3.23. The van der Waals surface area contributed by atoms with Gasteiger partial charge in [-0.25, -0.2) is 4.39 Å². The Morgan fingerprint density at radius 2 is 1.94 bits per heavy atom. The Hall–Kier alpha value is -1.10. The number of rotatable bonds is 2. The molecule has 0 heterocycles. The van der Waals surface area contributed by atoms with Gasteiger partial charge in [-0.3, -0.25) is 4.79 Å². The van der Waals surface area contributed by atoms with Gasteiger partial charge in [0.1, 0.15) is 11.2 Å². The lowest BCUT2D eigenvalue weighted by Crippen LogP contribution is -2.10. The average Bonchev–Trinajstić information content (AvgIpc) is 2.15. The van der Waals surface area contributed by atoms with Crippen LogP contribution in [0.2, 0.25) is 0 Å². The summed E-state index contributed by atoms with van der Waals surface area (Å²) in [6, 6.07) is 2.26. The van der Waals surface area contributed by atoms with Crippen LogP contribution in [0.15, 0.2) is 18.2 Å². The first-order valence-corrected chi connectivity index (χ1v) is 4.68. The Labute approximate surface area is 94.0 Å². The second-order valence-electron chi connectivity index (χ2n) is 3.21. The minimum atomic E-state index is -4.80. The number of hydrogen-bond donors (Lipinski definition) is 0. The van der Waals surface area contributed by atoms with Crippen LogP contribution in [0.4, 0.5) is 17.6 Å². The molecular formula is C10H7ClF4O. The van der Waals surface area contributed by atoms with E-state index in [-0.39, 0.29) is 5.56 Å². The molecule has 0 amide bonds. The smallest absolute Gasteiger partial charge is 0.298 e. The fraction of sp³-hybridized carbons (Fsp3) is 0.300. The van der Waals surface area contributed by atoms with Crippen LogP contribution in [0.3, 0.4) is 0 Å². The van der Waals surface area contributed by atoms with Crippen LogP contribution >= 0.6 is 11.6 Å². The highest BCUT2D eigenvalue weighted by Gasteiger charge is 2.34. The Kier molecular flexibility index (Phi) is 3.57. The summed E-state index contributed by atoms with van der Waals surface area (Å²) in [5, 5.41) is -1.19. The van der Waals surface area contributed by atoms with Crippen LogP contribution in [-0.4, -0.2) is 5.78 Å². The number of hydrogen-bond acceptors (Lipinski definition) is 1. The third kappa shape index (κ3) is 2.72. The van der Waals surface area contributed by atoms with E-state index in [1.807, 2.05) is 0 Å². The Morgan fingerprint density at radius 1 is 1.38 bits per heavy atom. The molecule has 6 heteroatoms. The molecule has 1 rings (SSSR count). The van der Waals surface area contributed by atoms with Gasteiger partial charge in [-0.05, 0) is 24.6 Å². The van der Waals surface area contributed by atoms with Gasteiger partial charge in [0.25, 0.3) is 0 Å². The highest BCUT2D eigenvalue weighted by molar-refractivity contribution is 6.30. The van der Waals surface area contributed by atoms with E-state index in [0.29, 0.717) is 12.1 Å². The van der Waals surface area contributed by atoms with E-state index < -0.39 is 28.7 Å². The molecule has 1 atom stereocenters. The van der Waals surface area contributed by atoms with Crippen molar-refractivity contribution in [2.45, 2.75) is 18.5 Å². The van der Waals surface area contributed by atoms with Gasteiger partial charge in [0.2, 0.25) is 0 Å². The monoisotopic (exact) mass is 254 g/mol. The highest BCUT2D eigenvalue weighted by atomic mass is 35.5. The van der Waals surface area contributed by atoms with Crippen molar-refractivity contribution >= 4 is 17.4 Å².